The van der Waals surface area contributed by atoms with Gasteiger partial charge in [-0.05, 0) is 0 Å². The summed E-state index contributed by atoms with van der Waals surface area (Å²) in [5.74, 6) is 0. The van der Waals surface area contributed by atoms with E-state index in [9.17, 15) is 0 Å². The van der Waals surface area contributed by atoms with Crippen LogP contribution in [0.25, 0.3) is 5.57 Å². The van der Waals surface area contributed by atoms with E-state index in [0.717, 1.165) is 0 Å². The Morgan fingerprint density at radius 2 is 0.893 bits per heavy atom. The van der Waals surface area contributed by atoms with Crippen molar-refractivity contribution in [2.75, 3.05) is 0 Å². The Bertz CT molecular complexity index is 608. The summed E-state index contributed by atoms with van der Waals surface area (Å²) in [5, 5.41) is 0. The average molecular weight is 641 g/mol. The monoisotopic (exact) mass is 639 g/mol. The minimum Gasteiger partial charge on any atom is -0.0715 e. The summed E-state index contributed by atoms with van der Waals surface area (Å²) in [7, 11) is -1.05. The molecule has 0 N–H and O–H groups in total. The second-order valence-electron chi connectivity index (χ2n) is 8.71. The summed E-state index contributed by atoms with van der Waals surface area (Å²) in [6.45, 7) is 20.9. The molecule has 0 bridgehead atoms. The maximum absolute atomic E-state index is 2.42. The number of hydrogen-bond acceptors (Lipinski definition) is 0. The summed E-state index contributed by atoms with van der Waals surface area (Å²) >= 11 is 1.89. The summed E-state index contributed by atoms with van der Waals surface area (Å²) in [5.41, 5.74) is 4.12. The van der Waals surface area contributed by atoms with Crippen LogP contribution in [0.3, 0.4) is 0 Å². The van der Waals surface area contributed by atoms with Crippen LogP contribution in [0.5, 0.6) is 0 Å². The van der Waals surface area contributed by atoms with Gasteiger partial charge in [0.1, 0.15) is 0 Å². The molecule has 7 radical (unpaired) electrons. The van der Waals surface area contributed by atoms with Crippen LogP contribution < -0.4 is 0 Å². The Labute approximate surface area is 210 Å². The fourth-order valence-corrected chi connectivity index (χ4v) is 3.80. The molecule has 151 valence electrons. The molecule has 0 aromatic heterocycles. The first-order chi connectivity index (χ1) is 12.5. The number of rotatable bonds is 3. The molecular formula is C23H37Sb2Si3. The van der Waals surface area contributed by atoms with Gasteiger partial charge in [0.05, 0.1) is 0 Å². The number of hydrogen-bond donors (Lipinski definition) is 0. The van der Waals surface area contributed by atoms with Crippen LogP contribution in [0.1, 0.15) is 11.1 Å². The predicted octanol–water partition coefficient (Wildman–Crippen LogP) is 6.85. The van der Waals surface area contributed by atoms with Gasteiger partial charge in [-0.15, -0.1) is 0 Å². The smallest absolute Gasteiger partial charge is 0.0379 e. The van der Waals surface area contributed by atoms with Crippen molar-refractivity contribution in [2.45, 2.75) is 58.9 Å². The first kappa shape index (κ1) is 30.7. The van der Waals surface area contributed by atoms with Crippen molar-refractivity contribution in [1.29, 1.82) is 0 Å². The van der Waals surface area contributed by atoms with Crippen molar-refractivity contribution in [2.24, 2.45) is 0 Å². The topological polar surface area (TPSA) is 0 Å². The van der Waals surface area contributed by atoms with E-state index in [1.165, 1.54) is 16.7 Å². The zero-order chi connectivity index (χ0) is 21.0. The zero-order valence-corrected chi connectivity index (χ0v) is 27.3. The van der Waals surface area contributed by atoms with Crippen molar-refractivity contribution in [3.8, 4) is 0 Å². The Kier molecular flexibility index (Phi) is 17.7. The molecule has 2 rings (SSSR count). The molecule has 28 heavy (non-hydrogen) atoms. The SMILES string of the molecule is C[Si](C)(C)[C]([Sb])=C(c1ccccc1)c1ccccc1.C[Si](C)C.C[Si](C)C.[Sb]. The van der Waals surface area contributed by atoms with E-state index in [2.05, 4.69) is 120 Å². The molecule has 0 aliphatic heterocycles. The molecular weight excluding hydrogens is 604 g/mol. The average Bonchev–Trinajstić information content (AvgIpc) is 2.55. The summed E-state index contributed by atoms with van der Waals surface area (Å²) in [4.78, 5) is 0. The van der Waals surface area contributed by atoms with Gasteiger partial charge in [-0.1, -0.05) is 39.3 Å². The van der Waals surface area contributed by atoms with Gasteiger partial charge >= 0.3 is 131 Å². The van der Waals surface area contributed by atoms with Gasteiger partial charge in [0.25, 0.3) is 0 Å². The van der Waals surface area contributed by atoms with E-state index in [0.29, 0.717) is 0 Å². The fraction of sp³-hybridized carbons (Fsp3) is 0.391. The molecule has 0 aliphatic rings. The van der Waals surface area contributed by atoms with Crippen molar-refractivity contribution < 1.29 is 0 Å². The molecule has 0 spiro atoms. The van der Waals surface area contributed by atoms with Gasteiger partial charge in [0.2, 0.25) is 0 Å². The molecule has 0 amide bonds. The molecule has 0 aliphatic carbocycles. The first-order valence-electron chi connectivity index (χ1n) is 9.54. The standard InChI is InChI=1S/C17H19Si.2C3H9Si.2Sb/c1-18(2,3)14-17(15-10-6-4-7-11-15)16-12-8-5-9-13-16;2*1-4(2)3;;/h4-13H,1-3H3;2*1-3H3;;. The third kappa shape index (κ3) is 14.4. The van der Waals surface area contributed by atoms with Gasteiger partial charge in [-0.25, -0.2) is 0 Å². The van der Waals surface area contributed by atoms with E-state index in [-0.39, 0.29) is 42.0 Å². The molecule has 0 saturated heterocycles. The third-order valence-corrected chi connectivity index (χ3v) is 11.1. The van der Waals surface area contributed by atoms with Crippen molar-refractivity contribution in [1.82, 2.24) is 0 Å². The summed E-state index contributed by atoms with van der Waals surface area (Å²) in [6.07, 6.45) is 0. The molecule has 0 heterocycles. The van der Waals surface area contributed by atoms with Crippen LogP contribution in [0.4, 0.5) is 0 Å². The zero-order valence-electron chi connectivity index (χ0n) is 19.2. The van der Waals surface area contributed by atoms with E-state index in [1.54, 1.807) is 3.14 Å². The third-order valence-electron chi connectivity index (χ3n) is 3.07. The van der Waals surface area contributed by atoms with Crippen LogP contribution in [-0.2, 0) is 0 Å². The normalized spacial score (nSPS) is 10.1. The number of benzene rings is 2. The van der Waals surface area contributed by atoms with Crippen molar-refractivity contribution in [3.63, 3.8) is 0 Å². The van der Waals surface area contributed by atoms with Gasteiger partial charge < -0.3 is 0 Å². The van der Waals surface area contributed by atoms with Gasteiger partial charge in [0.15, 0.2) is 0 Å². The van der Waals surface area contributed by atoms with E-state index in [4.69, 9.17) is 0 Å². The van der Waals surface area contributed by atoms with Gasteiger partial charge in [0, 0.05) is 42.0 Å². The van der Waals surface area contributed by atoms with Gasteiger partial charge in [-0.2, -0.15) is 0 Å². The van der Waals surface area contributed by atoms with Gasteiger partial charge in [-0.3, -0.25) is 0 Å². The van der Waals surface area contributed by atoms with Crippen LogP contribution in [0.15, 0.2) is 63.8 Å². The van der Waals surface area contributed by atoms with Crippen molar-refractivity contribution >= 4 is 78.7 Å². The molecule has 0 fully saturated rings. The van der Waals surface area contributed by atoms with Crippen LogP contribution in [0, 0.1) is 0 Å². The van der Waals surface area contributed by atoms with E-state index in [1.807, 2.05) is 23.0 Å². The Balaban J connectivity index is 0. The molecule has 0 unspecified atom stereocenters. The molecule has 2 aromatic rings. The quantitative estimate of drug-likeness (QED) is 0.322. The largest absolute Gasteiger partial charge is 0.0715 e. The second kappa shape index (κ2) is 16.2. The minimum atomic E-state index is -1.29. The Morgan fingerprint density at radius 1 is 0.643 bits per heavy atom. The predicted molar refractivity (Wildman–Crippen MR) is 140 cm³/mol. The maximum atomic E-state index is 2.42. The summed E-state index contributed by atoms with van der Waals surface area (Å²) in [6, 6.07) is 21.6. The fourth-order valence-electron chi connectivity index (χ4n) is 2.02. The molecule has 5 heteroatoms. The van der Waals surface area contributed by atoms with Crippen LogP contribution in [-0.4, -0.2) is 73.1 Å². The molecule has 2 aromatic carbocycles. The van der Waals surface area contributed by atoms with Crippen LogP contribution in [0.2, 0.25) is 58.9 Å². The first-order valence-corrected chi connectivity index (χ1v) is 20.3. The molecule has 0 atom stereocenters. The molecule has 0 saturated carbocycles. The molecule has 0 nitrogen and oxygen atoms in total. The maximum Gasteiger partial charge on any atom is 0.0379 e. The second-order valence-corrected chi connectivity index (χ2v) is 22.2. The minimum absolute atomic E-state index is 0. The van der Waals surface area contributed by atoms with Crippen LogP contribution >= 0.6 is 0 Å². The van der Waals surface area contributed by atoms with Crippen molar-refractivity contribution in [3.05, 3.63) is 74.9 Å². The Morgan fingerprint density at radius 3 is 1.11 bits per heavy atom. The summed E-state index contributed by atoms with van der Waals surface area (Å²) < 4.78 is 1.61. The van der Waals surface area contributed by atoms with E-state index >= 15 is 0 Å². The Hall–Kier alpha value is 0.467. The van der Waals surface area contributed by atoms with E-state index < -0.39 is 8.07 Å².